The summed E-state index contributed by atoms with van der Waals surface area (Å²) in [6.45, 7) is 6.01. The van der Waals surface area contributed by atoms with E-state index in [0.717, 1.165) is 25.1 Å². The van der Waals surface area contributed by atoms with E-state index in [1.54, 1.807) is 19.0 Å². The molecule has 6 N–H and O–H groups in total. The molecule has 0 spiro atoms. The molecule has 5 rings (SSSR count). The van der Waals surface area contributed by atoms with Crippen molar-refractivity contribution in [2.75, 3.05) is 27.2 Å². The van der Waals surface area contributed by atoms with Crippen LogP contribution in [0.3, 0.4) is 0 Å². The minimum Gasteiger partial charge on any atom is -0.510 e. The second kappa shape index (κ2) is 9.87. The number of Topliss-reactive ketones (excluding diaryl/α,β-unsaturated/α-hetero) is 2. The molecular formula is C30H37N3O7. The Kier molecular flexibility index (Phi) is 6.92. The van der Waals surface area contributed by atoms with Crippen LogP contribution in [0.1, 0.15) is 59.7 Å². The van der Waals surface area contributed by atoms with Crippen LogP contribution in [-0.4, -0.2) is 86.5 Å². The average molecular weight is 552 g/mol. The third-order valence-corrected chi connectivity index (χ3v) is 8.99. The van der Waals surface area contributed by atoms with Crippen molar-refractivity contribution in [3.63, 3.8) is 0 Å². The van der Waals surface area contributed by atoms with E-state index in [-0.39, 0.29) is 29.2 Å². The van der Waals surface area contributed by atoms with Crippen LogP contribution >= 0.6 is 0 Å². The lowest BCUT2D eigenvalue weighted by atomic mass is 9.58. The summed E-state index contributed by atoms with van der Waals surface area (Å²) in [6.07, 6.45) is 5.43. The number of likely N-dealkylation sites (N-methyl/N-ethyl adjacent to an activating group) is 1. The van der Waals surface area contributed by atoms with E-state index in [4.69, 9.17) is 5.73 Å². The predicted octanol–water partition coefficient (Wildman–Crippen LogP) is 2.01. The molecule has 0 radical (unpaired) electrons. The summed E-state index contributed by atoms with van der Waals surface area (Å²) in [5.41, 5.74) is 4.11. The number of aromatic hydroxyl groups is 1. The van der Waals surface area contributed by atoms with Crippen molar-refractivity contribution in [3.8, 4) is 5.75 Å². The van der Waals surface area contributed by atoms with Crippen LogP contribution in [0.25, 0.3) is 0 Å². The molecule has 214 valence electrons. The Morgan fingerprint density at radius 2 is 1.90 bits per heavy atom. The van der Waals surface area contributed by atoms with Crippen LogP contribution in [0.5, 0.6) is 5.75 Å². The molecule has 1 aliphatic heterocycles. The number of carbonyl (C=O) groups excluding carboxylic acids is 3. The molecule has 0 unspecified atom stereocenters. The Bertz CT molecular complexity index is 1410. The summed E-state index contributed by atoms with van der Waals surface area (Å²) in [4.78, 5) is 43.5. The number of benzene rings is 1. The van der Waals surface area contributed by atoms with Gasteiger partial charge >= 0.3 is 0 Å². The molecule has 1 aromatic rings. The molecule has 10 nitrogen and oxygen atoms in total. The number of hydrogen-bond donors (Lipinski definition) is 5. The van der Waals surface area contributed by atoms with Gasteiger partial charge in [0.15, 0.2) is 11.4 Å². The van der Waals surface area contributed by atoms with Gasteiger partial charge in [0.25, 0.3) is 5.91 Å². The number of amides is 1. The van der Waals surface area contributed by atoms with E-state index in [0.29, 0.717) is 24.1 Å². The number of phenolic OH excluding ortho intramolecular Hbond substituents is 1. The second-order valence-electron chi connectivity index (χ2n) is 11.9. The lowest BCUT2D eigenvalue weighted by molar-refractivity contribution is -0.148. The zero-order chi connectivity index (χ0) is 29.3. The first-order valence-electron chi connectivity index (χ1n) is 13.7. The van der Waals surface area contributed by atoms with Crippen LogP contribution in [0.15, 0.2) is 40.9 Å². The number of aliphatic hydroxyl groups excluding tert-OH is 2. The average Bonchev–Trinajstić information content (AvgIpc) is 2.87. The smallest absolute Gasteiger partial charge is 0.255 e. The number of fused-ring (bicyclic) bond motifs is 3. The number of rotatable bonds is 5. The van der Waals surface area contributed by atoms with Crippen molar-refractivity contribution < 1.29 is 34.8 Å². The van der Waals surface area contributed by atoms with Crippen LogP contribution < -0.4 is 5.73 Å². The second-order valence-corrected chi connectivity index (χ2v) is 11.9. The van der Waals surface area contributed by atoms with Crippen molar-refractivity contribution >= 4 is 17.5 Å². The maximum Gasteiger partial charge on any atom is 0.255 e. The number of allylic oxidation sites excluding steroid dienone is 1. The Morgan fingerprint density at radius 1 is 1.20 bits per heavy atom. The predicted molar refractivity (Wildman–Crippen MR) is 147 cm³/mol. The van der Waals surface area contributed by atoms with E-state index >= 15 is 0 Å². The minimum absolute atomic E-state index is 0.0395. The maximum atomic E-state index is 14.1. The number of hydrogen-bond acceptors (Lipinski definition) is 9. The quantitative estimate of drug-likeness (QED) is 0.272. The van der Waals surface area contributed by atoms with Gasteiger partial charge in [-0.2, -0.15) is 0 Å². The molecule has 40 heavy (non-hydrogen) atoms. The van der Waals surface area contributed by atoms with Crippen LogP contribution in [0.2, 0.25) is 0 Å². The van der Waals surface area contributed by atoms with Gasteiger partial charge in [-0.05, 0) is 56.3 Å². The molecule has 3 aliphatic carbocycles. The lowest BCUT2D eigenvalue weighted by Gasteiger charge is -2.50. The van der Waals surface area contributed by atoms with Crippen molar-refractivity contribution in [3.05, 3.63) is 63.1 Å². The third kappa shape index (κ3) is 4.00. The number of nitrogens with zero attached hydrogens (tertiary/aromatic N) is 2. The Hall–Kier alpha value is -3.47. The van der Waals surface area contributed by atoms with Gasteiger partial charge in [-0.15, -0.1) is 0 Å². The number of nitrogens with two attached hydrogens (primary N) is 1. The first-order chi connectivity index (χ1) is 18.8. The molecule has 4 aliphatic rings. The van der Waals surface area contributed by atoms with Crippen LogP contribution in [0, 0.1) is 11.8 Å². The van der Waals surface area contributed by atoms with Crippen LogP contribution in [-0.2, 0) is 22.6 Å². The summed E-state index contributed by atoms with van der Waals surface area (Å²) >= 11 is 0. The number of ketones is 2. The van der Waals surface area contributed by atoms with Gasteiger partial charge in [0, 0.05) is 36.7 Å². The van der Waals surface area contributed by atoms with Gasteiger partial charge in [-0.1, -0.05) is 32.1 Å². The number of carbonyl (C=O) groups is 3. The van der Waals surface area contributed by atoms with Gasteiger partial charge in [-0.25, -0.2) is 0 Å². The summed E-state index contributed by atoms with van der Waals surface area (Å²) in [5.74, 6) is -6.29. The topological polar surface area (TPSA) is 165 Å². The molecular weight excluding hydrogens is 514 g/mol. The van der Waals surface area contributed by atoms with Crippen molar-refractivity contribution in [2.24, 2.45) is 17.6 Å². The molecule has 0 aromatic heterocycles. The Morgan fingerprint density at radius 3 is 2.48 bits per heavy atom. The van der Waals surface area contributed by atoms with Gasteiger partial charge in [0.05, 0.1) is 11.6 Å². The lowest BCUT2D eigenvalue weighted by Crippen LogP contribution is -2.63. The first kappa shape index (κ1) is 28.1. The zero-order valence-corrected chi connectivity index (χ0v) is 23.3. The largest absolute Gasteiger partial charge is 0.510 e. The summed E-state index contributed by atoms with van der Waals surface area (Å²) in [7, 11) is 3.23. The SMILES string of the molecule is CC(C)c1cc(CN2CC=CCC2)c(O)c2c1C[C@H]1C[C@H]3[C@H](N(C)C)C(O)=C(C(N)=O)C(=O)[C@@]3(O)C(O)=C1C2=O. The van der Waals surface area contributed by atoms with E-state index in [1.165, 1.54) is 0 Å². The minimum atomic E-state index is -2.64. The molecule has 1 heterocycles. The van der Waals surface area contributed by atoms with Crippen LogP contribution in [0.4, 0.5) is 0 Å². The molecule has 1 amide bonds. The van der Waals surface area contributed by atoms with Gasteiger partial charge in [0.2, 0.25) is 5.78 Å². The van der Waals surface area contributed by atoms with E-state index < -0.39 is 58.0 Å². The van der Waals surface area contributed by atoms with E-state index in [9.17, 15) is 34.8 Å². The summed E-state index contributed by atoms with van der Waals surface area (Å²) in [6, 6.07) is 0.947. The number of aliphatic hydroxyl groups is 3. The Labute approximate surface area is 233 Å². The maximum absolute atomic E-state index is 14.1. The van der Waals surface area contributed by atoms with Gasteiger partial charge < -0.3 is 26.2 Å². The summed E-state index contributed by atoms with van der Waals surface area (Å²) < 4.78 is 0. The zero-order valence-electron chi connectivity index (χ0n) is 23.3. The highest BCUT2D eigenvalue weighted by Crippen LogP contribution is 2.53. The molecule has 0 saturated heterocycles. The van der Waals surface area contributed by atoms with Gasteiger partial charge in [-0.3, -0.25) is 24.2 Å². The highest BCUT2D eigenvalue weighted by molar-refractivity contribution is 6.24. The normalized spacial score (nSPS) is 28.7. The molecule has 10 heteroatoms. The molecule has 1 aromatic carbocycles. The van der Waals surface area contributed by atoms with Gasteiger partial charge in [0.1, 0.15) is 22.8 Å². The fourth-order valence-corrected chi connectivity index (χ4v) is 7.12. The van der Waals surface area contributed by atoms with E-state index in [1.807, 2.05) is 19.9 Å². The number of primary amides is 1. The molecule has 4 atom stereocenters. The summed E-state index contributed by atoms with van der Waals surface area (Å²) in [5, 5.41) is 45.7. The Balaban J connectivity index is 1.68. The molecule has 0 saturated carbocycles. The van der Waals surface area contributed by atoms with Crippen molar-refractivity contribution in [2.45, 2.75) is 57.2 Å². The van der Waals surface area contributed by atoms with Crippen molar-refractivity contribution in [1.29, 1.82) is 0 Å². The number of phenols is 1. The first-order valence-corrected chi connectivity index (χ1v) is 13.7. The molecule has 0 fully saturated rings. The highest BCUT2D eigenvalue weighted by atomic mass is 16.3. The standard InChI is InChI=1S/C30H37N3O7/c1-14(2)17-11-16(13-33-8-6-5-7-9-33)24(34)21-18(17)10-15-12-19-23(32(3)4)26(36)22(29(31)39)28(38)30(19,40)27(37)20(15)25(21)35/h5-6,11,14-15,19,23,34,36-37,40H,7-10,12-13H2,1-4H3,(H2,31,39)/t15-,19-,23-,30-/m0/s1. The third-order valence-electron chi connectivity index (χ3n) is 8.99. The van der Waals surface area contributed by atoms with E-state index in [2.05, 4.69) is 17.1 Å². The monoisotopic (exact) mass is 551 g/mol. The molecule has 0 bridgehead atoms. The van der Waals surface area contributed by atoms with Crippen molar-refractivity contribution in [1.82, 2.24) is 9.80 Å². The highest BCUT2D eigenvalue weighted by Gasteiger charge is 2.63. The fraction of sp³-hybridized carbons (Fsp3) is 0.500. The fourth-order valence-electron chi connectivity index (χ4n) is 7.12.